The minimum absolute atomic E-state index is 0.0617. The van der Waals surface area contributed by atoms with Crippen LogP contribution in [0.25, 0.3) is 0 Å². The molecule has 6 nitrogen and oxygen atoms in total. The highest BCUT2D eigenvalue weighted by Crippen LogP contribution is 2.34. The van der Waals surface area contributed by atoms with Crippen molar-refractivity contribution in [2.24, 2.45) is 0 Å². The van der Waals surface area contributed by atoms with E-state index in [2.05, 4.69) is 22.1 Å². The lowest BCUT2D eigenvalue weighted by atomic mass is 10.0. The molecule has 0 atom stereocenters. The van der Waals surface area contributed by atoms with Crippen molar-refractivity contribution in [2.45, 2.75) is 47.6 Å². The van der Waals surface area contributed by atoms with E-state index in [1.807, 2.05) is 45.2 Å². The van der Waals surface area contributed by atoms with E-state index >= 15 is 0 Å². The molecule has 30 heavy (non-hydrogen) atoms. The molecule has 0 aliphatic heterocycles. The zero-order chi connectivity index (χ0) is 21.8. The van der Waals surface area contributed by atoms with Crippen LogP contribution in [0.3, 0.4) is 0 Å². The number of amides is 1. The van der Waals surface area contributed by atoms with Crippen LogP contribution in [0.4, 0.5) is 10.8 Å². The summed E-state index contributed by atoms with van der Waals surface area (Å²) < 4.78 is 5.36. The van der Waals surface area contributed by atoms with Gasteiger partial charge >= 0.3 is 5.97 Å². The first-order chi connectivity index (χ1) is 14.2. The number of thiazole rings is 1. The third-order valence-corrected chi connectivity index (χ3v) is 5.48. The average molecular weight is 424 g/mol. The largest absolute Gasteiger partial charge is 0.459 e. The number of rotatable bonds is 6. The number of anilines is 2. The van der Waals surface area contributed by atoms with E-state index in [4.69, 9.17) is 4.74 Å². The SMILES string of the molecule is CC(=O)N(c1nc(COC(=O)Cc2ccc(C)nc2)cs1)c1c(C)cc(C)cc1C. The smallest absolute Gasteiger partial charge is 0.310 e. The molecule has 0 spiro atoms. The van der Waals surface area contributed by atoms with Crippen molar-refractivity contribution in [1.29, 1.82) is 0 Å². The van der Waals surface area contributed by atoms with Gasteiger partial charge in [-0.1, -0.05) is 23.8 Å². The monoisotopic (exact) mass is 423 g/mol. The van der Waals surface area contributed by atoms with Gasteiger partial charge in [-0.2, -0.15) is 0 Å². The number of hydrogen-bond donors (Lipinski definition) is 0. The fourth-order valence-corrected chi connectivity index (χ4v) is 4.21. The normalized spacial score (nSPS) is 10.7. The first kappa shape index (κ1) is 21.6. The number of aromatic nitrogens is 2. The number of carbonyl (C=O) groups excluding carboxylic acids is 2. The molecule has 0 bridgehead atoms. The maximum atomic E-state index is 12.4. The average Bonchev–Trinajstić information content (AvgIpc) is 3.13. The maximum absolute atomic E-state index is 12.4. The number of ether oxygens (including phenoxy) is 1. The molecule has 0 fully saturated rings. The van der Waals surface area contributed by atoms with E-state index in [-0.39, 0.29) is 24.9 Å². The van der Waals surface area contributed by atoms with E-state index in [9.17, 15) is 9.59 Å². The topological polar surface area (TPSA) is 72.4 Å². The number of hydrogen-bond acceptors (Lipinski definition) is 6. The van der Waals surface area contributed by atoms with Crippen molar-refractivity contribution in [1.82, 2.24) is 9.97 Å². The number of aryl methyl sites for hydroxylation is 4. The van der Waals surface area contributed by atoms with Gasteiger partial charge in [0, 0.05) is 24.2 Å². The van der Waals surface area contributed by atoms with Gasteiger partial charge < -0.3 is 4.74 Å². The van der Waals surface area contributed by atoms with Crippen LogP contribution in [0.2, 0.25) is 0 Å². The quantitative estimate of drug-likeness (QED) is 0.536. The lowest BCUT2D eigenvalue weighted by Crippen LogP contribution is -2.24. The third-order valence-electron chi connectivity index (χ3n) is 4.61. The Hall–Kier alpha value is -3.06. The molecule has 0 radical (unpaired) electrons. The Morgan fingerprint density at radius 1 is 1.10 bits per heavy atom. The molecule has 3 rings (SSSR count). The second kappa shape index (κ2) is 9.17. The van der Waals surface area contributed by atoms with Gasteiger partial charge in [-0.25, -0.2) is 4.98 Å². The van der Waals surface area contributed by atoms with Gasteiger partial charge in [0.25, 0.3) is 0 Å². The number of nitrogens with zero attached hydrogens (tertiary/aromatic N) is 3. The highest BCUT2D eigenvalue weighted by molar-refractivity contribution is 7.14. The van der Waals surface area contributed by atoms with Crippen LogP contribution in [0.1, 0.15) is 40.6 Å². The van der Waals surface area contributed by atoms with Crippen molar-refractivity contribution < 1.29 is 14.3 Å². The lowest BCUT2D eigenvalue weighted by Gasteiger charge is -2.23. The second-order valence-corrected chi connectivity index (χ2v) is 8.21. The minimum atomic E-state index is -0.344. The summed E-state index contributed by atoms with van der Waals surface area (Å²) >= 11 is 1.35. The predicted octanol–water partition coefficient (Wildman–Crippen LogP) is 4.74. The molecule has 3 aromatic rings. The van der Waals surface area contributed by atoms with E-state index < -0.39 is 0 Å². The van der Waals surface area contributed by atoms with Crippen LogP contribution in [-0.4, -0.2) is 21.8 Å². The lowest BCUT2D eigenvalue weighted by molar-refractivity contribution is -0.144. The van der Waals surface area contributed by atoms with Gasteiger partial charge in [0.15, 0.2) is 5.13 Å². The van der Waals surface area contributed by atoms with Crippen molar-refractivity contribution in [3.8, 4) is 0 Å². The molecule has 2 heterocycles. The molecule has 0 aliphatic carbocycles. The molecule has 0 saturated heterocycles. The molecule has 1 aromatic carbocycles. The number of carbonyl (C=O) groups is 2. The fourth-order valence-electron chi connectivity index (χ4n) is 3.35. The first-order valence-electron chi connectivity index (χ1n) is 9.64. The molecular weight excluding hydrogens is 398 g/mol. The molecule has 0 N–H and O–H groups in total. The zero-order valence-electron chi connectivity index (χ0n) is 17.9. The second-order valence-electron chi connectivity index (χ2n) is 7.37. The Kier molecular flexibility index (Phi) is 6.62. The Morgan fingerprint density at radius 3 is 2.40 bits per heavy atom. The highest BCUT2D eigenvalue weighted by Gasteiger charge is 2.22. The van der Waals surface area contributed by atoms with Crippen LogP contribution in [0.15, 0.2) is 35.8 Å². The van der Waals surface area contributed by atoms with Gasteiger partial charge in [-0.3, -0.25) is 19.5 Å². The Labute approximate surface area is 180 Å². The first-order valence-corrected chi connectivity index (χ1v) is 10.5. The van der Waals surface area contributed by atoms with Gasteiger partial charge in [0.05, 0.1) is 17.8 Å². The van der Waals surface area contributed by atoms with Crippen LogP contribution in [0.5, 0.6) is 0 Å². The Morgan fingerprint density at radius 2 is 1.80 bits per heavy atom. The molecule has 0 unspecified atom stereocenters. The minimum Gasteiger partial charge on any atom is -0.459 e. The maximum Gasteiger partial charge on any atom is 0.310 e. The van der Waals surface area contributed by atoms with Crippen molar-refractivity contribution in [3.63, 3.8) is 0 Å². The highest BCUT2D eigenvalue weighted by atomic mass is 32.1. The van der Waals surface area contributed by atoms with Crippen LogP contribution in [0, 0.1) is 27.7 Å². The molecule has 0 aliphatic rings. The molecule has 7 heteroatoms. The van der Waals surface area contributed by atoms with Gasteiger partial charge in [0.2, 0.25) is 5.91 Å². The van der Waals surface area contributed by atoms with E-state index in [0.717, 1.165) is 33.6 Å². The van der Waals surface area contributed by atoms with Gasteiger partial charge in [-0.05, 0) is 50.5 Å². The van der Waals surface area contributed by atoms with E-state index in [0.29, 0.717) is 10.8 Å². The van der Waals surface area contributed by atoms with E-state index in [1.165, 1.54) is 18.3 Å². The summed E-state index contributed by atoms with van der Waals surface area (Å²) in [6.07, 6.45) is 1.83. The van der Waals surface area contributed by atoms with Crippen LogP contribution >= 0.6 is 11.3 Å². The molecule has 2 aromatic heterocycles. The fraction of sp³-hybridized carbons (Fsp3) is 0.304. The Bertz CT molecular complexity index is 1050. The number of pyridine rings is 1. The van der Waals surface area contributed by atoms with Crippen molar-refractivity contribution >= 4 is 34.0 Å². The summed E-state index contributed by atoms with van der Waals surface area (Å²) in [7, 11) is 0. The molecule has 0 saturated carbocycles. The van der Waals surface area contributed by atoms with Crippen molar-refractivity contribution in [2.75, 3.05) is 4.90 Å². The molecule has 1 amide bonds. The summed E-state index contributed by atoms with van der Waals surface area (Å²) in [5.41, 5.74) is 6.33. The Balaban J connectivity index is 1.72. The zero-order valence-corrected chi connectivity index (χ0v) is 18.7. The summed E-state index contributed by atoms with van der Waals surface area (Å²) in [5.74, 6) is -0.460. The summed E-state index contributed by atoms with van der Waals surface area (Å²) in [5, 5.41) is 2.37. The van der Waals surface area contributed by atoms with Gasteiger partial charge in [0.1, 0.15) is 6.61 Å². The number of esters is 1. The summed E-state index contributed by atoms with van der Waals surface area (Å²) in [4.78, 5) is 34.9. The summed E-state index contributed by atoms with van der Waals surface area (Å²) in [6, 6.07) is 7.82. The van der Waals surface area contributed by atoms with Gasteiger partial charge in [-0.15, -0.1) is 11.3 Å². The van der Waals surface area contributed by atoms with Crippen LogP contribution < -0.4 is 4.90 Å². The predicted molar refractivity (Wildman–Crippen MR) is 118 cm³/mol. The van der Waals surface area contributed by atoms with Crippen LogP contribution in [-0.2, 0) is 27.4 Å². The third kappa shape index (κ3) is 5.10. The molecule has 156 valence electrons. The van der Waals surface area contributed by atoms with E-state index in [1.54, 1.807) is 11.1 Å². The standard InChI is InChI=1S/C23H25N3O3S/c1-14-8-15(2)22(16(3)9-14)26(18(5)27)23-25-20(13-30-23)12-29-21(28)10-19-7-6-17(4)24-11-19/h6-9,11,13H,10,12H2,1-5H3. The molecular formula is C23H25N3O3S. The number of benzene rings is 1. The van der Waals surface area contributed by atoms with Crippen molar-refractivity contribution in [3.05, 3.63) is 69.5 Å². The summed E-state index contributed by atoms with van der Waals surface area (Å²) in [6.45, 7) is 9.49.